The summed E-state index contributed by atoms with van der Waals surface area (Å²) in [6.45, 7) is 4.78. The number of para-hydroxylation sites is 1. The van der Waals surface area contributed by atoms with Crippen LogP contribution >= 0.6 is 0 Å². The number of nitrogens with one attached hydrogen (secondary N) is 1. The molecule has 0 unspecified atom stereocenters. The standard InChI is InChI=1S/C15H17N3O2/c1-8(2)9-4-3-5-11-12-10(6-7-20-14(9)11)13(15(16)19)18-17-12/h3-5,8H,6-7H2,1-2H3,(H2,16,19)(H,17,18). The highest BCUT2D eigenvalue weighted by atomic mass is 16.5. The third-order valence-corrected chi connectivity index (χ3v) is 3.63. The lowest BCUT2D eigenvalue weighted by Gasteiger charge is -2.15. The number of nitrogens with two attached hydrogens (primary N) is 1. The first-order chi connectivity index (χ1) is 9.59. The molecule has 1 amide bonds. The van der Waals surface area contributed by atoms with Gasteiger partial charge in [0.25, 0.3) is 5.91 Å². The monoisotopic (exact) mass is 271 g/mol. The number of fused-ring (bicyclic) bond motifs is 3. The Morgan fingerprint density at radius 3 is 2.95 bits per heavy atom. The molecule has 1 aliphatic rings. The van der Waals surface area contributed by atoms with Gasteiger partial charge >= 0.3 is 0 Å². The number of aromatic nitrogens is 2. The van der Waals surface area contributed by atoms with Crippen molar-refractivity contribution in [2.24, 2.45) is 5.73 Å². The van der Waals surface area contributed by atoms with Gasteiger partial charge in [-0.3, -0.25) is 9.89 Å². The van der Waals surface area contributed by atoms with Crippen LogP contribution in [0.25, 0.3) is 11.3 Å². The highest BCUT2D eigenvalue weighted by molar-refractivity contribution is 5.94. The Hall–Kier alpha value is -2.30. The van der Waals surface area contributed by atoms with Gasteiger partial charge in [-0.2, -0.15) is 5.10 Å². The summed E-state index contributed by atoms with van der Waals surface area (Å²) in [6.07, 6.45) is 0.621. The summed E-state index contributed by atoms with van der Waals surface area (Å²) >= 11 is 0. The third-order valence-electron chi connectivity index (χ3n) is 3.63. The molecule has 0 aliphatic carbocycles. The van der Waals surface area contributed by atoms with Crippen LogP contribution in [0.1, 0.15) is 41.4 Å². The van der Waals surface area contributed by atoms with Crippen molar-refractivity contribution in [1.82, 2.24) is 10.2 Å². The van der Waals surface area contributed by atoms with Crippen LogP contribution in [-0.2, 0) is 6.42 Å². The number of nitrogens with zero attached hydrogens (tertiary/aromatic N) is 1. The van der Waals surface area contributed by atoms with E-state index in [4.69, 9.17) is 10.5 Å². The fourth-order valence-corrected chi connectivity index (χ4v) is 2.65. The van der Waals surface area contributed by atoms with Crippen molar-refractivity contribution in [2.45, 2.75) is 26.2 Å². The lowest BCUT2D eigenvalue weighted by atomic mass is 9.96. The van der Waals surface area contributed by atoms with Gasteiger partial charge in [0.15, 0.2) is 0 Å². The molecule has 0 bridgehead atoms. The van der Waals surface area contributed by atoms with E-state index in [9.17, 15) is 4.79 Å². The zero-order valence-corrected chi connectivity index (χ0v) is 11.6. The van der Waals surface area contributed by atoms with Gasteiger partial charge in [-0.05, 0) is 17.5 Å². The first-order valence-electron chi connectivity index (χ1n) is 6.72. The van der Waals surface area contributed by atoms with Crippen LogP contribution in [0.3, 0.4) is 0 Å². The molecule has 0 fully saturated rings. The molecule has 0 atom stereocenters. The fourth-order valence-electron chi connectivity index (χ4n) is 2.65. The number of hydrogen-bond acceptors (Lipinski definition) is 3. The SMILES string of the molecule is CC(C)c1cccc2c1OCCc1c-2n[nH]c1C(N)=O. The maximum absolute atomic E-state index is 11.4. The first-order valence-corrected chi connectivity index (χ1v) is 6.72. The fraction of sp³-hybridized carbons (Fsp3) is 0.333. The second-order valence-corrected chi connectivity index (χ2v) is 5.27. The Kier molecular flexibility index (Phi) is 2.97. The third kappa shape index (κ3) is 1.86. The van der Waals surface area contributed by atoms with Crippen LogP contribution < -0.4 is 10.5 Å². The van der Waals surface area contributed by atoms with Crippen LogP contribution in [0.4, 0.5) is 0 Å². The van der Waals surface area contributed by atoms with E-state index >= 15 is 0 Å². The highest BCUT2D eigenvalue weighted by Crippen LogP contribution is 2.39. The Balaban J connectivity index is 2.23. The predicted octanol–water partition coefficient (Wildman–Crippen LogP) is 2.23. The molecule has 0 spiro atoms. The number of rotatable bonds is 2. The van der Waals surface area contributed by atoms with E-state index in [1.807, 2.05) is 12.1 Å². The van der Waals surface area contributed by atoms with E-state index in [1.54, 1.807) is 0 Å². The number of hydrogen-bond donors (Lipinski definition) is 2. The molecule has 5 heteroatoms. The van der Waals surface area contributed by atoms with E-state index in [-0.39, 0.29) is 0 Å². The molecule has 3 N–H and O–H groups in total. The van der Waals surface area contributed by atoms with E-state index in [0.717, 1.165) is 28.1 Å². The predicted molar refractivity (Wildman–Crippen MR) is 75.8 cm³/mol. The van der Waals surface area contributed by atoms with Gasteiger partial charge in [-0.15, -0.1) is 0 Å². The molecule has 3 rings (SSSR count). The highest BCUT2D eigenvalue weighted by Gasteiger charge is 2.25. The minimum absolute atomic E-state index is 0.362. The van der Waals surface area contributed by atoms with Crippen LogP contribution in [0, 0.1) is 0 Å². The van der Waals surface area contributed by atoms with Gasteiger partial charge in [0.2, 0.25) is 0 Å². The van der Waals surface area contributed by atoms with E-state index < -0.39 is 5.91 Å². The molecule has 2 heterocycles. The molecule has 0 radical (unpaired) electrons. The Morgan fingerprint density at radius 2 is 2.25 bits per heavy atom. The minimum atomic E-state index is -0.484. The summed E-state index contributed by atoms with van der Waals surface area (Å²) in [5.74, 6) is 0.743. The molecule has 5 nitrogen and oxygen atoms in total. The van der Waals surface area contributed by atoms with Gasteiger partial charge in [0, 0.05) is 17.5 Å². The molecule has 1 aliphatic heterocycles. The first kappa shape index (κ1) is 12.7. The minimum Gasteiger partial charge on any atom is -0.492 e. The van der Waals surface area contributed by atoms with Crippen LogP contribution in [0.2, 0.25) is 0 Å². The summed E-state index contributed by atoms with van der Waals surface area (Å²) in [5, 5.41) is 7.03. The van der Waals surface area contributed by atoms with Gasteiger partial charge in [0.1, 0.15) is 11.4 Å². The smallest absolute Gasteiger partial charge is 0.267 e. The van der Waals surface area contributed by atoms with Crippen LogP contribution in [-0.4, -0.2) is 22.7 Å². The van der Waals surface area contributed by atoms with Crippen LogP contribution in [0.5, 0.6) is 5.75 Å². The molecule has 0 saturated heterocycles. The van der Waals surface area contributed by atoms with Crippen molar-refractivity contribution in [3.63, 3.8) is 0 Å². The number of benzene rings is 1. The Bertz CT molecular complexity index is 674. The number of ether oxygens (including phenoxy) is 1. The van der Waals surface area contributed by atoms with Crippen molar-refractivity contribution < 1.29 is 9.53 Å². The quantitative estimate of drug-likeness (QED) is 0.878. The second kappa shape index (κ2) is 4.67. The summed E-state index contributed by atoms with van der Waals surface area (Å²) in [4.78, 5) is 11.4. The molecule has 0 saturated carbocycles. The Labute approximate surface area is 117 Å². The normalized spacial score (nSPS) is 13.3. The van der Waals surface area contributed by atoms with Gasteiger partial charge < -0.3 is 10.5 Å². The van der Waals surface area contributed by atoms with E-state index in [2.05, 4.69) is 30.1 Å². The van der Waals surface area contributed by atoms with Crippen molar-refractivity contribution in [2.75, 3.05) is 6.61 Å². The van der Waals surface area contributed by atoms with Crippen molar-refractivity contribution in [3.8, 4) is 17.0 Å². The summed E-state index contributed by atoms with van der Waals surface area (Å²) < 4.78 is 5.91. The van der Waals surface area contributed by atoms with E-state index in [0.29, 0.717) is 24.6 Å². The summed E-state index contributed by atoms with van der Waals surface area (Å²) in [6, 6.07) is 6.03. The zero-order valence-electron chi connectivity index (χ0n) is 11.6. The Morgan fingerprint density at radius 1 is 1.45 bits per heavy atom. The van der Waals surface area contributed by atoms with Gasteiger partial charge in [-0.1, -0.05) is 26.0 Å². The number of carbonyl (C=O) groups excluding carboxylic acids is 1. The molecule has 104 valence electrons. The number of H-pyrrole nitrogens is 1. The summed E-state index contributed by atoms with van der Waals surface area (Å²) in [5.41, 5.74) is 9.45. The molecule has 20 heavy (non-hydrogen) atoms. The second-order valence-electron chi connectivity index (χ2n) is 5.27. The number of aromatic amines is 1. The zero-order chi connectivity index (χ0) is 14.3. The van der Waals surface area contributed by atoms with Gasteiger partial charge in [0.05, 0.1) is 12.3 Å². The van der Waals surface area contributed by atoms with E-state index in [1.165, 1.54) is 0 Å². The van der Waals surface area contributed by atoms with Crippen molar-refractivity contribution >= 4 is 5.91 Å². The number of carbonyl (C=O) groups is 1. The molecule has 1 aromatic heterocycles. The molecular weight excluding hydrogens is 254 g/mol. The maximum Gasteiger partial charge on any atom is 0.267 e. The lowest BCUT2D eigenvalue weighted by molar-refractivity contribution is 0.0994. The number of primary amides is 1. The average molecular weight is 271 g/mol. The topological polar surface area (TPSA) is 81.0 Å². The summed E-state index contributed by atoms with van der Waals surface area (Å²) in [7, 11) is 0. The van der Waals surface area contributed by atoms with Crippen LogP contribution in [0.15, 0.2) is 18.2 Å². The molecular formula is C15H17N3O2. The molecule has 1 aromatic carbocycles. The van der Waals surface area contributed by atoms with Crippen molar-refractivity contribution in [1.29, 1.82) is 0 Å². The lowest BCUT2D eigenvalue weighted by Crippen LogP contribution is -2.14. The average Bonchev–Trinajstić information content (AvgIpc) is 2.74. The van der Waals surface area contributed by atoms with Gasteiger partial charge in [-0.25, -0.2) is 0 Å². The maximum atomic E-state index is 11.4. The molecule has 2 aromatic rings. The number of amides is 1. The van der Waals surface area contributed by atoms with Crippen molar-refractivity contribution in [3.05, 3.63) is 35.0 Å². The largest absolute Gasteiger partial charge is 0.492 e.